The van der Waals surface area contributed by atoms with Crippen LogP contribution in [0.3, 0.4) is 0 Å². The van der Waals surface area contributed by atoms with Crippen molar-refractivity contribution >= 4 is 17.5 Å². The molecule has 2 aliphatic heterocycles. The Morgan fingerprint density at radius 3 is 2.41 bits per heavy atom. The van der Waals surface area contributed by atoms with Crippen LogP contribution >= 0.6 is 0 Å². The van der Waals surface area contributed by atoms with Crippen LogP contribution in [-0.2, 0) is 4.84 Å². The molecule has 34 heavy (non-hydrogen) atoms. The van der Waals surface area contributed by atoms with Gasteiger partial charge in [-0.1, -0.05) is 12.1 Å². The number of anilines is 1. The first-order valence-corrected chi connectivity index (χ1v) is 11.0. The molecule has 0 atom stereocenters. The number of carbonyl (C=O) groups excluding carboxylic acids is 2. The first-order valence-electron chi connectivity index (χ1n) is 11.0. The Hall–Kier alpha value is -3.86. The molecule has 2 heterocycles. The molecule has 11 nitrogen and oxygen atoms in total. The Bertz CT molecular complexity index is 1070. The summed E-state index contributed by atoms with van der Waals surface area (Å²) in [5, 5.41) is 9.33. The molecule has 0 aliphatic carbocycles. The quantitative estimate of drug-likeness (QED) is 0.291. The predicted octanol–water partition coefficient (Wildman–Crippen LogP) is 1.70. The van der Waals surface area contributed by atoms with Crippen molar-refractivity contribution in [3.8, 4) is 11.5 Å². The molecular weight excluding hydrogens is 444 g/mol. The molecule has 0 saturated carbocycles. The number of carbonyl (C=O) groups is 2. The van der Waals surface area contributed by atoms with E-state index in [0.29, 0.717) is 12.4 Å². The molecule has 1 fully saturated rings. The first-order chi connectivity index (χ1) is 16.5. The number of para-hydroxylation sites is 2. The van der Waals surface area contributed by atoms with E-state index in [2.05, 4.69) is 20.7 Å². The van der Waals surface area contributed by atoms with Crippen LogP contribution in [0.5, 0.6) is 11.5 Å². The minimum Gasteiger partial charge on any atom is -0.495 e. The van der Waals surface area contributed by atoms with Crippen LogP contribution in [-0.4, -0.2) is 86.3 Å². The maximum absolute atomic E-state index is 12.6. The summed E-state index contributed by atoms with van der Waals surface area (Å²) in [5.41, 5.74) is 1.58. The fourth-order valence-corrected chi connectivity index (χ4v) is 4.17. The van der Waals surface area contributed by atoms with Crippen LogP contribution in [0.4, 0.5) is 5.69 Å². The Labute approximate surface area is 196 Å². The molecule has 2 aromatic carbocycles. The van der Waals surface area contributed by atoms with Crippen molar-refractivity contribution in [2.75, 3.05) is 64.5 Å². The zero-order valence-electron chi connectivity index (χ0n) is 18.8. The summed E-state index contributed by atoms with van der Waals surface area (Å²) >= 11 is 0. The normalized spacial score (nSPS) is 15.9. The third kappa shape index (κ3) is 5.04. The SMILES string of the molecule is COc1ccccc1N1CCN(CCOc2ccc3c(c2)C(=O)N(CCO[N+](=O)[O-])C3=O)CC1. The van der Waals surface area contributed by atoms with Crippen molar-refractivity contribution in [1.29, 1.82) is 0 Å². The molecule has 4 rings (SSSR count). The summed E-state index contributed by atoms with van der Waals surface area (Å²) in [5.74, 6) is 0.361. The van der Waals surface area contributed by atoms with Crippen molar-refractivity contribution in [3.63, 3.8) is 0 Å². The van der Waals surface area contributed by atoms with Crippen LogP contribution in [0.2, 0.25) is 0 Å². The van der Waals surface area contributed by atoms with Gasteiger partial charge in [0.15, 0.2) is 0 Å². The predicted molar refractivity (Wildman–Crippen MR) is 122 cm³/mol. The maximum atomic E-state index is 12.6. The summed E-state index contributed by atoms with van der Waals surface area (Å²) in [6.07, 6.45) is 0. The van der Waals surface area contributed by atoms with E-state index < -0.39 is 16.9 Å². The van der Waals surface area contributed by atoms with E-state index >= 15 is 0 Å². The van der Waals surface area contributed by atoms with E-state index in [1.807, 2.05) is 18.2 Å². The number of nitrogens with zero attached hydrogens (tertiary/aromatic N) is 4. The van der Waals surface area contributed by atoms with Crippen molar-refractivity contribution in [2.24, 2.45) is 0 Å². The third-order valence-electron chi connectivity index (χ3n) is 5.93. The molecule has 0 N–H and O–H groups in total. The molecule has 0 unspecified atom stereocenters. The zero-order valence-corrected chi connectivity index (χ0v) is 18.8. The Morgan fingerprint density at radius 1 is 0.941 bits per heavy atom. The number of rotatable bonds is 10. The van der Waals surface area contributed by atoms with Crippen LogP contribution in [0, 0.1) is 10.1 Å². The van der Waals surface area contributed by atoms with E-state index in [-0.39, 0.29) is 24.3 Å². The van der Waals surface area contributed by atoms with Crippen molar-refractivity contribution in [2.45, 2.75) is 0 Å². The Kier molecular flexibility index (Phi) is 7.12. The number of piperazine rings is 1. The minimum absolute atomic E-state index is 0.190. The van der Waals surface area contributed by atoms with E-state index in [9.17, 15) is 19.7 Å². The van der Waals surface area contributed by atoms with Gasteiger partial charge in [-0.05, 0) is 30.3 Å². The smallest absolute Gasteiger partial charge is 0.294 e. The molecule has 0 aromatic heterocycles. The number of fused-ring (bicyclic) bond motifs is 1. The monoisotopic (exact) mass is 470 g/mol. The number of imide groups is 1. The van der Waals surface area contributed by atoms with Gasteiger partial charge in [0, 0.05) is 32.7 Å². The molecule has 0 radical (unpaired) electrons. The van der Waals surface area contributed by atoms with Gasteiger partial charge in [-0.25, -0.2) is 0 Å². The van der Waals surface area contributed by atoms with Gasteiger partial charge >= 0.3 is 0 Å². The Balaban J connectivity index is 1.26. The molecular formula is C23H26N4O7. The van der Waals surface area contributed by atoms with Crippen molar-refractivity contribution in [3.05, 3.63) is 63.7 Å². The number of ether oxygens (including phenoxy) is 2. The molecule has 2 aliphatic rings. The molecule has 2 aromatic rings. The van der Waals surface area contributed by atoms with Crippen LogP contribution in [0.1, 0.15) is 20.7 Å². The fourth-order valence-electron chi connectivity index (χ4n) is 4.17. The lowest BCUT2D eigenvalue weighted by molar-refractivity contribution is -0.757. The lowest BCUT2D eigenvalue weighted by atomic mass is 10.1. The van der Waals surface area contributed by atoms with Gasteiger partial charge in [0.05, 0.1) is 30.5 Å². The average molecular weight is 470 g/mol. The van der Waals surface area contributed by atoms with Gasteiger partial charge in [0.25, 0.3) is 16.9 Å². The fraction of sp³-hybridized carbons (Fsp3) is 0.391. The standard InChI is InChI=1S/C23H26N4O7/c1-32-21-5-3-2-4-20(21)25-10-8-24(9-11-25)12-14-33-17-6-7-18-19(16-17)23(29)26(22(18)28)13-15-34-27(30)31/h2-7,16H,8-15H2,1H3. The highest BCUT2D eigenvalue weighted by Crippen LogP contribution is 2.29. The number of methoxy groups -OCH3 is 1. The largest absolute Gasteiger partial charge is 0.495 e. The van der Waals surface area contributed by atoms with Crippen molar-refractivity contribution < 1.29 is 29.0 Å². The summed E-state index contributed by atoms with van der Waals surface area (Å²) in [6, 6.07) is 12.7. The highest BCUT2D eigenvalue weighted by molar-refractivity contribution is 6.21. The number of hydrogen-bond donors (Lipinski definition) is 0. The number of hydrogen-bond acceptors (Lipinski definition) is 9. The summed E-state index contributed by atoms with van der Waals surface area (Å²) in [6.45, 7) is 4.15. The van der Waals surface area contributed by atoms with Crippen LogP contribution < -0.4 is 14.4 Å². The van der Waals surface area contributed by atoms with Gasteiger partial charge in [-0.15, -0.1) is 10.1 Å². The highest BCUT2D eigenvalue weighted by Gasteiger charge is 2.35. The lowest BCUT2D eigenvalue weighted by Gasteiger charge is -2.36. The maximum Gasteiger partial charge on any atom is 0.294 e. The molecule has 1 saturated heterocycles. The second-order valence-electron chi connectivity index (χ2n) is 7.88. The van der Waals surface area contributed by atoms with E-state index in [1.165, 1.54) is 0 Å². The number of amides is 2. The molecule has 2 amide bonds. The average Bonchev–Trinajstić information content (AvgIpc) is 3.08. The number of benzene rings is 2. The summed E-state index contributed by atoms with van der Waals surface area (Å²) in [7, 11) is 1.68. The second kappa shape index (κ2) is 10.4. The minimum atomic E-state index is -0.956. The first kappa shape index (κ1) is 23.3. The summed E-state index contributed by atoms with van der Waals surface area (Å²) in [4.78, 5) is 45.0. The van der Waals surface area contributed by atoms with E-state index in [4.69, 9.17) is 9.47 Å². The van der Waals surface area contributed by atoms with Gasteiger partial charge in [-0.3, -0.25) is 19.4 Å². The zero-order chi connectivity index (χ0) is 24.1. The van der Waals surface area contributed by atoms with Crippen LogP contribution in [0.15, 0.2) is 42.5 Å². The lowest BCUT2D eigenvalue weighted by Crippen LogP contribution is -2.47. The van der Waals surface area contributed by atoms with Crippen LogP contribution in [0.25, 0.3) is 0 Å². The molecule has 11 heteroatoms. The van der Waals surface area contributed by atoms with Crippen molar-refractivity contribution in [1.82, 2.24) is 9.80 Å². The summed E-state index contributed by atoms with van der Waals surface area (Å²) < 4.78 is 11.3. The highest BCUT2D eigenvalue weighted by atomic mass is 16.9. The van der Waals surface area contributed by atoms with Gasteiger partial charge in [0.2, 0.25) is 0 Å². The van der Waals surface area contributed by atoms with Gasteiger partial charge in [-0.2, -0.15) is 0 Å². The van der Waals surface area contributed by atoms with Gasteiger partial charge < -0.3 is 19.2 Å². The second-order valence-corrected chi connectivity index (χ2v) is 7.88. The molecule has 0 spiro atoms. The Morgan fingerprint density at radius 2 is 1.68 bits per heavy atom. The van der Waals surface area contributed by atoms with E-state index in [0.717, 1.165) is 49.1 Å². The molecule has 0 bridgehead atoms. The third-order valence-corrected chi connectivity index (χ3v) is 5.93. The van der Waals surface area contributed by atoms with E-state index in [1.54, 1.807) is 25.3 Å². The molecule has 180 valence electrons. The topological polar surface area (TPSA) is 115 Å². The van der Waals surface area contributed by atoms with Gasteiger partial charge in [0.1, 0.15) is 24.7 Å².